The van der Waals surface area contributed by atoms with Crippen molar-refractivity contribution in [2.45, 2.75) is 44.7 Å². The van der Waals surface area contributed by atoms with Crippen molar-refractivity contribution in [1.29, 1.82) is 5.26 Å². The maximum Gasteiger partial charge on any atom is 0.142 e. The molecule has 0 aromatic carbocycles. The Morgan fingerprint density at radius 3 is 2.94 bits per heavy atom. The Labute approximate surface area is 95.3 Å². The lowest BCUT2D eigenvalue weighted by atomic mass is 10.1. The van der Waals surface area contributed by atoms with Crippen molar-refractivity contribution in [3.05, 3.63) is 17.0 Å². The van der Waals surface area contributed by atoms with E-state index in [1.165, 1.54) is 31.2 Å². The first-order valence-electron chi connectivity index (χ1n) is 6.11. The van der Waals surface area contributed by atoms with E-state index in [-0.39, 0.29) is 0 Å². The molecule has 0 unspecified atom stereocenters. The van der Waals surface area contributed by atoms with Crippen LogP contribution in [0.5, 0.6) is 0 Å². The molecule has 0 radical (unpaired) electrons. The molecule has 84 valence electrons. The lowest BCUT2D eigenvalue weighted by Crippen LogP contribution is -2.23. The summed E-state index contributed by atoms with van der Waals surface area (Å²) in [6, 6.07) is 2.83. The molecule has 0 amide bonds. The van der Waals surface area contributed by atoms with Gasteiger partial charge in [-0.25, -0.2) is 0 Å². The molecule has 2 heterocycles. The Morgan fingerprint density at radius 1 is 1.38 bits per heavy atom. The van der Waals surface area contributed by atoms with Crippen molar-refractivity contribution in [2.75, 3.05) is 6.54 Å². The van der Waals surface area contributed by atoms with E-state index in [9.17, 15) is 5.26 Å². The highest BCUT2D eigenvalue weighted by Crippen LogP contribution is 2.32. The predicted molar refractivity (Wildman–Crippen MR) is 59.9 cm³/mol. The highest BCUT2D eigenvalue weighted by Gasteiger charge is 2.26. The molecule has 1 aliphatic carbocycles. The quantitative estimate of drug-likeness (QED) is 0.774. The van der Waals surface area contributed by atoms with Crippen LogP contribution in [0.15, 0.2) is 0 Å². The molecule has 4 heteroatoms. The Hall–Kier alpha value is -1.34. The highest BCUT2D eigenvalue weighted by molar-refractivity contribution is 5.37. The first kappa shape index (κ1) is 9.86. The molecule has 0 saturated heterocycles. The largest absolute Gasteiger partial charge is 0.311 e. The van der Waals surface area contributed by atoms with Crippen LogP contribution in [0, 0.1) is 11.3 Å². The smallest absolute Gasteiger partial charge is 0.142 e. The van der Waals surface area contributed by atoms with Crippen LogP contribution in [0.2, 0.25) is 0 Å². The first-order chi connectivity index (χ1) is 7.90. The van der Waals surface area contributed by atoms with E-state index in [1.54, 1.807) is 0 Å². The minimum Gasteiger partial charge on any atom is -0.311 e. The molecule has 1 saturated carbocycles. The van der Waals surface area contributed by atoms with Gasteiger partial charge in [0.05, 0.1) is 11.7 Å². The number of nitriles is 1. The van der Waals surface area contributed by atoms with Crippen LogP contribution < -0.4 is 5.32 Å². The topological polar surface area (TPSA) is 53.6 Å². The summed E-state index contributed by atoms with van der Waals surface area (Å²) in [5.41, 5.74) is 3.10. The van der Waals surface area contributed by atoms with Crippen LogP contribution in [-0.2, 0) is 13.0 Å². The fraction of sp³-hybridized carbons (Fsp3) is 0.667. The average Bonchev–Trinajstić information content (AvgIpc) is 2.95. The maximum absolute atomic E-state index is 9.29. The van der Waals surface area contributed by atoms with E-state index in [4.69, 9.17) is 0 Å². The summed E-state index contributed by atoms with van der Waals surface area (Å²) < 4.78 is 2.00. The fourth-order valence-corrected chi connectivity index (χ4v) is 2.87. The van der Waals surface area contributed by atoms with Crippen LogP contribution in [0.1, 0.15) is 48.7 Å². The van der Waals surface area contributed by atoms with Crippen LogP contribution in [0.25, 0.3) is 0 Å². The third-order valence-electron chi connectivity index (χ3n) is 3.71. The number of nitrogens with zero attached hydrogens (tertiary/aromatic N) is 3. The first-order valence-corrected chi connectivity index (χ1v) is 6.11. The normalized spacial score (nSPS) is 20.7. The maximum atomic E-state index is 9.29. The molecule has 2 aliphatic rings. The number of aromatic nitrogens is 2. The zero-order valence-electron chi connectivity index (χ0n) is 9.37. The van der Waals surface area contributed by atoms with E-state index < -0.39 is 0 Å². The molecule has 1 aromatic heterocycles. The second kappa shape index (κ2) is 3.91. The van der Waals surface area contributed by atoms with Gasteiger partial charge in [0.1, 0.15) is 11.8 Å². The minimum absolute atomic E-state index is 0.472. The highest BCUT2D eigenvalue weighted by atomic mass is 15.3. The van der Waals surface area contributed by atoms with Crippen molar-refractivity contribution < 1.29 is 0 Å². The van der Waals surface area contributed by atoms with Gasteiger partial charge < -0.3 is 5.32 Å². The summed E-state index contributed by atoms with van der Waals surface area (Å²) in [4.78, 5) is 0. The van der Waals surface area contributed by atoms with Crippen molar-refractivity contribution in [3.63, 3.8) is 0 Å². The average molecular weight is 216 g/mol. The number of nitrogens with one attached hydrogen (secondary N) is 1. The van der Waals surface area contributed by atoms with Gasteiger partial charge in [-0.05, 0) is 25.8 Å². The molecule has 4 nitrogen and oxygen atoms in total. The fourth-order valence-electron chi connectivity index (χ4n) is 2.87. The van der Waals surface area contributed by atoms with Crippen LogP contribution >= 0.6 is 0 Å². The Morgan fingerprint density at radius 2 is 2.19 bits per heavy atom. The molecule has 0 spiro atoms. The standard InChI is InChI=1S/C12H16N4/c13-7-12-10-5-6-14-8-11(10)15-16(12)9-3-1-2-4-9/h9,14H,1-6,8H2. The Kier molecular flexibility index (Phi) is 2.41. The predicted octanol–water partition coefficient (Wildman–Crippen LogP) is 1.52. The van der Waals surface area contributed by atoms with Gasteiger partial charge >= 0.3 is 0 Å². The molecule has 0 atom stereocenters. The van der Waals surface area contributed by atoms with Gasteiger partial charge in [0.25, 0.3) is 0 Å². The number of fused-ring (bicyclic) bond motifs is 1. The molecule has 0 bridgehead atoms. The zero-order valence-corrected chi connectivity index (χ0v) is 9.37. The van der Waals surface area contributed by atoms with Crippen molar-refractivity contribution in [1.82, 2.24) is 15.1 Å². The second-order valence-corrected chi connectivity index (χ2v) is 4.70. The number of rotatable bonds is 1. The van der Waals surface area contributed by atoms with Crippen molar-refractivity contribution in [3.8, 4) is 6.07 Å². The molecular weight excluding hydrogens is 200 g/mol. The minimum atomic E-state index is 0.472. The third kappa shape index (κ3) is 1.43. The van der Waals surface area contributed by atoms with E-state index in [1.807, 2.05) is 4.68 Å². The van der Waals surface area contributed by atoms with Crippen LogP contribution in [-0.4, -0.2) is 16.3 Å². The molecule has 1 N–H and O–H groups in total. The monoisotopic (exact) mass is 216 g/mol. The van der Waals surface area contributed by atoms with Gasteiger partial charge in [-0.1, -0.05) is 12.8 Å². The Bertz CT molecular complexity index is 435. The summed E-state index contributed by atoms with van der Waals surface area (Å²) in [5, 5.41) is 17.2. The lowest BCUT2D eigenvalue weighted by Gasteiger charge is -2.11. The Balaban J connectivity index is 2.04. The van der Waals surface area contributed by atoms with Crippen LogP contribution in [0.3, 0.4) is 0 Å². The van der Waals surface area contributed by atoms with Gasteiger partial charge in [-0.2, -0.15) is 10.4 Å². The summed E-state index contributed by atoms with van der Waals surface area (Å²) in [6.07, 6.45) is 5.87. The van der Waals surface area contributed by atoms with E-state index >= 15 is 0 Å². The number of hydrogen-bond donors (Lipinski definition) is 1. The van der Waals surface area contributed by atoms with Gasteiger partial charge in [0.15, 0.2) is 0 Å². The zero-order chi connectivity index (χ0) is 11.0. The molecule has 1 aromatic rings. The summed E-state index contributed by atoms with van der Waals surface area (Å²) >= 11 is 0. The summed E-state index contributed by atoms with van der Waals surface area (Å²) in [5.74, 6) is 0. The SMILES string of the molecule is N#Cc1c2c(nn1C1CCCC1)CNCC2. The third-order valence-corrected chi connectivity index (χ3v) is 3.71. The van der Waals surface area contributed by atoms with Gasteiger partial charge in [-0.15, -0.1) is 0 Å². The summed E-state index contributed by atoms with van der Waals surface area (Å²) in [6.45, 7) is 1.79. The van der Waals surface area contributed by atoms with Gasteiger partial charge in [0, 0.05) is 12.1 Å². The van der Waals surface area contributed by atoms with Crippen LogP contribution in [0.4, 0.5) is 0 Å². The summed E-state index contributed by atoms with van der Waals surface area (Å²) in [7, 11) is 0. The van der Waals surface area contributed by atoms with E-state index in [2.05, 4.69) is 16.5 Å². The second-order valence-electron chi connectivity index (χ2n) is 4.70. The molecule has 16 heavy (non-hydrogen) atoms. The van der Waals surface area contributed by atoms with Gasteiger partial charge in [-0.3, -0.25) is 4.68 Å². The molecule has 1 fully saturated rings. The van der Waals surface area contributed by atoms with E-state index in [0.29, 0.717) is 6.04 Å². The van der Waals surface area contributed by atoms with Crippen molar-refractivity contribution in [2.24, 2.45) is 0 Å². The molecular formula is C12H16N4. The molecule has 1 aliphatic heterocycles. The van der Waals surface area contributed by atoms with Gasteiger partial charge in [0.2, 0.25) is 0 Å². The van der Waals surface area contributed by atoms with Crippen molar-refractivity contribution >= 4 is 0 Å². The lowest BCUT2D eigenvalue weighted by molar-refractivity contribution is 0.457. The van der Waals surface area contributed by atoms with E-state index in [0.717, 1.165) is 30.9 Å². The number of hydrogen-bond acceptors (Lipinski definition) is 3. The molecule has 3 rings (SSSR count).